The number of hydrogen-bond acceptors (Lipinski definition) is 2. The molecular formula is C21H34IN5. The summed E-state index contributed by atoms with van der Waals surface area (Å²) < 4.78 is 2.19. The summed E-state index contributed by atoms with van der Waals surface area (Å²) >= 11 is 0. The van der Waals surface area contributed by atoms with Gasteiger partial charge in [-0.05, 0) is 51.2 Å². The van der Waals surface area contributed by atoms with Gasteiger partial charge in [0.05, 0.1) is 6.04 Å². The second-order valence-electron chi connectivity index (χ2n) is 6.60. The molecule has 2 N–H and O–H groups in total. The second kappa shape index (κ2) is 12.8. The number of nitrogens with one attached hydrogen (secondary N) is 2. The number of imidazole rings is 1. The maximum atomic E-state index is 4.72. The second-order valence-corrected chi connectivity index (χ2v) is 6.60. The van der Waals surface area contributed by atoms with Gasteiger partial charge in [-0.2, -0.15) is 0 Å². The van der Waals surface area contributed by atoms with E-state index >= 15 is 0 Å². The van der Waals surface area contributed by atoms with Crippen molar-refractivity contribution >= 4 is 29.9 Å². The van der Waals surface area contributed by atoms with Crippen molar-refractivity contribution in [3.63, 3.8) is 0 Å². The summed E-state index contributed by atoms with van der Waals surface area (Å²) in [7, 11) is 0. The van der Waals surface area contributed by atoms with Gasteiger partial charge in [0.25, 0.3) is 0 Å². The van der Waals surface area contributed by atoms with Crippen LogP contribution in [-0.2, 0) is 13.0 Å². The molecule has 0 aliphatic heterocycles. The molecule has 5 nitrogen and oxygen atoms in total. The summed E-state index contributed by atoms with van der Waals surface area (Å²) in [6, 6.07) is 9.04. The molecule has 0 saturated carbocycles. The van der Waals surface area contributed by atoms with Crippen LogP contribution in [-0.4, -0.2) is 28.6 Å². The maximum absolute atomic E-state index is 4.72. The molecule has 0 amide bonds. The molecule has 0 aliphatic rings. The minimum Gasteiger partial charge on any atom is -0.357 e. The molecule has 1 aromatic carbocycles. The van der Waals surface area contributed by atoms with Gasteiger partial charge in [0.15, 0.2) is 5.96 Å². The van der Waals surface area contributed by atoms with Crippen molar-refractivity contribution in [1.29, 1.82) is 0 Å². The average molecular weight is 483 g/mol. The highest BCUT2D eigenvalue weighted by atomic mass is 127. The van der Waals surface area contributed by atoms with Crippen molar-refractivity contribution in [2.24, 2.45) is 4.99 Å². The van der Waals surface area contributed by atoms with E-state index in [1.807, 2.05) is 19.3 Å². The molecule has 150 valence electrons. The van der Waals surface area contributed by atoms with Gasteiger partial charge < -0.3 is 15.2 Å². The molecule has 0 spiro atoms. The standard InChI is InChI=1S/C21H33N5.HI/c1-5-19-9-11-20(12-10-19)17(3)25-21(22-6-2)24-13-7-8-15-26-16-14-23-18(26)4;/h9-12,14,16-17H,5-8,13,15H2,1-4H3,(H2,22,24,25);1H. The number of rotatable bonds is 9. The van der Waals surface area contributed by atoms with Crippen LogP contribution in [0.3, 0.4) is 0 Å². The quantitative estimate of drug-likeness (QED) is 0.240. The van der Waals surface area contributed by atoms with Crippen molar-refractivity contribution in [3.05, 3.63) is 53.6 Å². The third-order valence-corrected chi connectivity index (χ3v) is 4.59. The Morgan fingerprint density at radius 2 is 1.93 bits per heavy atom. The number of unbranched alkanes of at least 4 members (excludes halogenated alkanes) is 1. The van der Waals surface area contributed by atoms with Crippen LogP contribution in [0.4, 0.5) is 0 Å². The van der Waals surface area contributed by atoms with E-state index in [2.05, 4.69) is 65.2 Å². The lowest BCUT2D eigenvalue weighted by Gasteiger charge is -2.18. The summed E-state index contributed by atoms with van der Waals surface area (Å²) in [5.41, 5.74) is 2.65. The number of guanidine groups is 1. The number of hydrogen-bond donors (Lipinski definition) is 2. The Bertz CT molecular complexity index is 678. The molecule has 2 rings (SSSR count). The molecule has 2 aromatic rings. The van der Waals surface area contributed by atoms with E-state index in [1.165, 1.54) is 11.1 Å². The molecule has 1 heterocycles. The van der Waals surface area contributed by atoms with Crippen LogP contribution in [0, 0.1) is 6.92 Å². The molecule has 0 fully saturated rings. The number of halogens is 1. The first-order valence-electron chi connectivity index (χ1n) is 9.75. The topological polar surface area (TPSA) is 54.2 Å². The van der Waals surface area contributed by atoms with Crippen LogP contribution in [0.25, 0.3) is 0 Å². The van der Waals surface area contributed by atoms with E-state index < -0.39 is 0 Å². The number of aryl methyl sites for hydroxylation is 3. The van der Waals surface area contributed by atoms with E-state index in [0.717, 1.165) is 50.7 Å². The molecule has 1 aromatic heterocycles. The lowest BCUT2D eigenvalue weighted by atomic mass is 10.1. The summed E-state index contributed by atoms with van der Waals surface area (Å²) in [4.78, 5) is 8.98. The molecule has 0 radical (unpaired) electrons. The van der Waals surface area contributed by atoms with E-state index in [0.29, 0.717) is 0 Å². The average Bonchev–Trinajstić information content (AvgIpc) is 3.06. The van der Waals surface area contributed by atoms with Gasteiger partial charge in [-0.1, -0.05) is 31.2 Å². The van der Waals surface area contributed by atoms with Crippen LogP contribution in [0.2, 0.25) is 0 Å². The first-order valence-corrected chi connectivity index (χ1v) is 9.75. The number of aromatic nitrogens is 2. The monoisotopic (exact) mass is 483 g/mol. The molecule has 0 bridgehead atoms. The first-order chi connectivity index (χ1) is 12.6. The van der Waals surface area contributed by atoms with Gasteiger partial charge >= 0.3 is 0 Å². The van der Waals surface area contributed by atoms with Gasteiger partial charge in [-0.3, -0.25) is 4.99 Å². The summed E-state index contributed by atoms with van der Waals surface area (Å²) in [6.07, 6.45) is 7.14. The SMILES string of the molecule is CCNC(=NCCCCn1ccnc1C)NC(C)c1ccc(CC)cc1.I. The minimum atomic E-state index is 0. The molecule has 0 aliphatic carbocycles. The molecule has 0 saturated heterocycles. The van der Waals surface area contributed by atoms with Crippen molar-refractivity contribution in [2.75, 3.05) is 13.1 Å². The Labute approximate surface area is 181 Å². The minimum absolute atomic E-state index is 0. The maximum Gasteiger partial charge on any atom is 0.191 e. The zero-order chi connectivity index (χ0) is 18.8. The molecule has 27 heavy (non-hydrogen) atoms. The summed E-state index contributed by atoms with van der Waals surface area (Å²) in [5.74, 6) is 1.96. The molecule has 6 heteroatoms. The van der Waals surface area contributed by atoms with Crippen LogP contribution in [0.5, 0.6) is 0 Å². The Hall–Kier alpha value is -1.57. The predicted molar refractivity (Wildman–Crippen MR) is 125 cm³/mol. The fraction of sp³-hybridized carbons (Fsp3) is 0.524. The van der Waals surface area contributed by atoms with E-state index in [1.54, 1.807) is 0 Å². The van der Waals surface area contributed by atoms with Crippen molar-refractivity contribution in [3.8, 4) is 0 Å². The smallest absolute Gasteiger partial charge is 0.191 e. The Morgan fingerprint density at radius 3 is 2.52 bits per heavy atom. The van der Waals surface area contributed by atoms with E-state index in [9.17, 15) is 0 Å². The van der Waals surface area contributed by atoms with Gasteiger partial charge in [-0.15, -0.1) is 24.0 Å². The van der Waals surface area contributed by atoms with Crippen molar-refractivity contribution in [1.82, 2.24) is 20.2 Å². The van der Waals surface area contributed by atoms with Gasteiger partial charge in [-0.25, -0.2) is 4.98 Å². The van der Waals surface area contributed by atoms with E-state index in [-0.39, 0.29) is 30.0 Å². The van der Waals surface area contributed by atoms with Crippen LogP contribution >= 0.6 is 24.0 Å². The predicted octanol–water partition coefficient (Wildman–Crippen LogP) is 4.47. The first kappa shape index (κ1) is 23.5. The number of benzene rings is 1. The number of nitrogens with zero attached hydrogens (tertiary/aromatic N) is 3. The normalized spacial score (nSPS) is 12.4. The highest BCUT2D eigenvalue weighted by molar-refractivity contribution is 14.0. The van der Waals surface area contributed by atoms with Crippen molar-refractivity contribution < 1.29 is 0 Å². The fourth-order valence-electron chi connectivity index (χ4n) is 2.88. The van der Waals surface area contributed by atoms with Crippen molar-refractivity contribution in [2.45, 2.75) is 59.5 Å². The third kappa shape index (κ3) is 7.91. The lowest BCUT2D eigenvalue weighted by molar-refractivity contribution is 0.599. The summed E-state index contributed by atoms with van der Waals surface area (Å²) in [5, 5.41) is 6.85. The van der Waals surface area contributed by atoms with Crippen LogP contribution in [0.1, 0.15) is 56.6 Å². The van der Waals surface area contributed by atoms with Gasteiger partial charge in [0, 0.05) is 32.0 Å². The molecule has 1 unspecified atom stereocenters. The highest BCUT2D eigenvalue weighted by Gasteiger charge is 2.07. The fourth-order valence-corrected chi connectivity index (χ4v) is 2.88. The lowest BCUT2D eigenvalue weighted by Crippen LogP contribution is -2.38. The highest BCUT2D eigenvalue weighted by Crippen LogP contribution is 2.13. The number of aliphatic imine (C=N–C) groups is 1. The third-order valence-electron chi connectivity index (χ3n) is 4.59. The van der Waals surface area contributed by atoms with Crippen LogP contribution in [0.15, 0.2) is 41.7 Å². The summed E-state index contributed by atoms with van der Waals surface area (Å²) in [6.45, 7) is 11.2. The van der Waals surface area contributed by atoms with Gasteiger partial charge in [0.1, 0.15) is 5.82 Å². The Kier molecular flexibility index (Phi) is 11.1. The zero-order valence-corrected chi connectivity index (χ0v) is 19.4. The molecule has 1 atom stereocenters. The van der Waals surface area contributed by atoms with Gasteiger partial charge in [0.2, 0.25) is 0 Å². The zero-order valence-electron chi connectivity index (χ0n) is 17.0. The Balaban J connectivity index is 0.00000364. The Morgan fingerprint density at radius 1 is 1.19 bits per heavy atom. The van der Waals surface area contributed by atoms with Crippen LogP contribution < -0.4 is 10.6 Å². The van der Waals surface area contributed by atoms with E-state index in [4.69, 9.17) is 4.99 Å². The molecular weight excluding hydrogens is 449 g/mol. The largest absolute Gasteiger partial charge is 0.357 e.